The molecule has 31 heavy (non-hydrogen) atoms. The molecule has 2 N–H and O–H groups in total. The average molecular weight is 432 g/mol. The number of carbonyl (C=O) groups is 1. The summed E-state index contributed by atoms with van der Waals surface area (Å²) in [6.45, 7) is 6.72. The Balaban J connectivity index is 1.43. The zero-order chi connectivity index (χ0) is 22.1. The van der Waals surface area contributed by atoms with E-state index in [1.807, 2.05) is 24.1 Å². The van der Waals surface area contributed by atoms with Crippen LogP contribution in [-0.2, 0) is 11.3 Å². The van der Waals surface area contributed by atoms with Gasteiger partial charge in [-0.2, -0.15) is 0 Å². The van der Waals surface area contributed by atoms with Crippen LogP contribution in [0, 0.1) is 11.7 Å². The van der Waals surface area contributed by atoms with E-state index >= 15 is 0 Å². The zero-order valence-electron chi connectivity index (χ0n) is 19.1. The van der Waals surface area contributed by atoms with Gasteiger partial charge >= 0.3 is 0 Å². The van der Waals surface area contributed by atoms with Crippen LogP contribution in [0.1, 0.15) is 51.0 Å². The van der Waals surface area contributed by atoms with Crippen molar-refractivity contribution in [3.8, 4) is 0 Å². The van der Waals surface area contributed by atoms with Crippen LogP contribution in [0.25, 0.3) is 0 Å². The van der Waals surface area contributed by atoms with Crippen LogP contribution in [0.3, 0.4) is 0 Å². The highest BCUT2D eigenvalue weighted by atomic mass is 19.1. The molecule has 0 spiro atoms. The highest BCUT2D eigenvalue weighted by Crippen LogP contribution is 2.26. The molecule has 1 unspecified atom stereocenters. The molecular formula is C24H38FN5O. The highest BCUT2D eigenvalue weighted by Gasteiger charge is 2.31. The Kier molecular flexibility index (Phi) is 9.13. The topological polar surface area (TPSA) is 60.0 Å². The molecule has 172 valence electrons. The van der Waals surface area contributed by atoms with E-state index in [9.17, 15) is 9.18 Å². The molecular weight excluding hydrogens is 393 g/mol. The van der Waals surface area contributed by atoms with Crippen LogP contribution >= 0.6 is 0 Å². The SMILES string of the molecule is CCNC(=NCCN(C)Cc1ccc(F)cc1)NC1CCN(C(=O)C2CCCCC2)C1. The molecule has 0 radical (unpaired) electrons. The van der Waals surface area contributed by atoms with Crippen LogP contribution < -0.4 is 10.6 Å². The third-order valence-corrected chi connectivity index (χ3v) is 6.26. The minimum Gasteiger partial charge on any atom is -0.357 e. The molecule has 0 aromatic heterocycles. The van der Waals surface area contributed by atoms with Crippen molar-refractivity contribution in [3.63, 3.8) is 0 Å². The van der Waals surface area contributed by atoms with Gasteiger partial charge in [0.25, 0.3) is 0 Å². The Labute approximate surface area is 186 Å². The normalized spacial score (nSPS) is 20.3. The molecule has 2 aliphatic rings. The third-order valence-electron chi connectivity index (χ3n) is 6.26. The summed E-state index contributed by atoms with van der Waals surface area (Å²) in [5.74, 6) is 1.21. The van der Waals surface area contributed by atoms with Crippen molar-refractivity contribution < 1.29 is 9.18 Å². The maximum absolute atomic E-state index is 13.1. The van der Waals surface area contributed by atoms with Crippen LogP contribution in [0.4, 0.5) is 4.39 Å². The molecule has 2 fully saturated rings. The van der Waals surface area contributed by atoms with Gasteiger partial charge in [-0.05, 0) is 50.9 Å². The largest absolute Gasteiger partial charge is 0.357 e. The summed E-state index contributed by atoms with van der Waals surface area (Å²) in [7, 11) is 2.05. The monoisotopic (exact) mass is 431 g/mol. The van der Waals surface area contributed by atoms with Crippen molar-refractivity contribution in [2.24, 2.45) is 10.9 Å². The molecule has 7 heteroatoms. The lowest BCUT2D eigenvalue weighted by molar-refractivity contribution is -0.135. The van der Waals surface area contributed by atoms with Crippen LogP contribution in [0.5, 0.6) is 0 Å². The molecule has 0 bridgehead atoms. The summed E-state index contributed by atoms with van der Waals surface area (Å²) < 4.78 is 13.1. The van der Waals surface area contributed by atoms with E-state index in [2.05, 4.69) is 22.5 Å². The van der Waals surface area contributed by atoms with Crippen molar-refractivity contribution in [3.05, 3.63) is 35.6 Å². The second-order valence-corrected chi connectivity index (χ2v) is 8.87. The number of rotatable bonds is 8. The number of nitrogens with one attached hydrogen (secondary N) is 2. The smallest absolute Gasteiger partial charge is 0.225 e. The van der Waals surface area contributed by atoms with Gasteiger partial charge in [-0.15, -0.1) is 0 Å². The van der Waals surface area contributed by atoms with E-state index in [0.29, 0.717) is 12.5 Å². The zero-order valence-corrected chi connectivity index (χ0v) is 19.1. The number of hydrogen-bond donors (Lipinski definition) is 2. The minimum absolute atomic E-state index is 0.205. The molecule has 6 nitrogen and oxygen atoms in total. The average Bonchev–Trinajstić information content (AvgIpc) is 3.24. The van der Waals surface area contributed by atoms with Gasteiger partial charge in [0.1, 0.15) is 5.82 Å². The van der Waals surface area contributed by atoms with Crippen LogP contribution in [0.15, 0.2) is 29.3 Å². The Hall–Kier alpha value is -2.15. The molecule has 1 saturated carbocycles. The number of guanidine groups is 1. The van der Waals surface area contributed by atoms with E-state index in [1.54, 1.807) is 0 Å². The van der Waals surface area contributed by atoms with Crippen molar-refractivity contribution in [1.82, 2.24) is 20.4 Å². The molecule has 3 rings (SSSR count). The number of likely N-dealkylation sites (tertiary alicyclic amines) is 1. The summed E-state index contributed by atoms with van der Waals surface area (Å²) in [5, 5.41) is 6.84. The number of nitrogens with zero attached hydrogens (tertiary/aromatic N) is 3. The van der Waals surface area contributed by atoms with Crippen molar-refractivity contribution in [2.45, 2.75) is 58.0 Å². The molecule has 1 aromatic rings. The third kappa shape index (κ3) is 7.49. The standard InChI is InChI=1S/C24H38FN5O/c1-3-26-24(27-14-16-29(2)17-19-9-11-21(25)12-10-19)28-22-13-15-30(18-22)23(31)20-7-5-4-6-8-20/h9-12,20,22H,3-8,13-18H2,1-2H3,(H2,26,27,28). The number of halogens is 1. The van der Waals surface area contributed by atoms with Gasteiger partial charge in [0.15, 0.2) is 5.96 Å². The number of carbonyl (C=O) groups excluding carboxylic acids is 1. The fourth-order valence-corrected chi connectivity index (χ4v) is 4.51. The van der Waals surface area contributed by atoms with E-state index in [4.69, 9.17) is 4.99 Å². The summed E-state index contributed by atoms with van der Waals surface area (Å²) in [5.41, 5.74) is 1.09. The van der Waals surface area contributed by atoms with Gasteiger partial charge in [0, 0.05) is 44.7 Å². The van der Waals surface area contributed by atoms with Gasteiger partial charge in [-0.25, -0.2) is 4.39 Å². The van der Waals surface area contributed by atoms with Gasteiger partial charge in [0.05, 0.1) is 6.54 Å². The summed E-state index contributed by atoms with van der Waals surface area (Å²) >= 11 is 0. The molecule has 1 atom stereocenters. The van der Waals surface area contributed by atoms with Crippen molar-refractivity contribution >= 4 is 11.9 Å². The molecule has 1 aliphatic heterocycles. The summed E-state index contributed by atoms with van der Waals surface area (Å²) in [4.78, 5) is 21.8. The first-order chi connectivity index (χ1) is 15.0. The van der Waals surface area contributed by atoms with E-state index in [-0.39, 0.29) is 17.8 Å². The first-order valence-electron chi connectivity index (χ1n) is 11.8. The highest BCUT2D eigenvalue weighted by molar-refractivity contribution is 5.81. The second-order valence-electron chi connectivity index (χ2n) is 8.87. The summed E-state index contributed by atoms with van der Waals surface area (Å²) in [6, 6.07) is 6.89. The quantitative estimate of drug-likeness (QED) is 0.491. The lowest BCUT2D eigenvalue weighted by Crippen LogP contribution is -2.45. The fourth-order valence-electron chi connectivity index (χ4n) is 4.51. The number of likely N-dealkylation sites (N-methyl/N-ethyl adjacent to an activating group) is 1. The second kappa shape index (κ2) is 12.0. The van der Waals surface area contributed by atoms with Crippen molar-refractivity contribution in [1.29, 1.82) is 0 Å². The Bertz CT molecular complexity index is 717. The van der Waals surface area contributed by atoms with Crippen molar-refractivity contribution in [2.75, 3.05) is 39.8 Å². The molecule has 1 aliphatic carbocycles. The Morgan fingerprint density at radius 1 is 1.19 bits per heavy atom. The fraction of sp³-hybridized carbons (Fsp3) is 0.667. The molecule has 1 saturated heterocycles. The lowest BCUT2D eigenvalue weighted by Gasteiger charge is -2.26. The first kappa shape index (κ1) is 23.5. The van der Waals surface area contributed by atoms with Crippen LogP contribution in [0.2, 0.25) is 0 Å². The minimum atomic E-state index is -0.205. The van der Waals surface area contributed by atoms with E-state index in [1.165, 1.54) is 31.4 Å². The number of amides is 1. The number of benzene rings is 1. The summed E-state index contributed by atoms with van der Waals surface area (Å²) in [6.07, 6.45) is 6.74. The molecule has 1 aromatic carbocycles. The van der Waals surface area contributed by atoms with E-state index < -0.39 is 0 Å². The predicted octanol–water partition coefficient (Wildman–Crippen LogP) is 2.99. The molecule has 1 heterocycles. The first-order valence-corrected chi connectivity index (χ1v) is 11.8. The number of aliphatic imine (C=N–C) groups is 1. The Morgan fingerprint density at radius 2 is 1.94 bits per heavy atom. The Morgan fingerprint density at radius 3 is 2.65 bits per heavy atom. The van der Waals surface area contributed by atoms with Gasteiger partial charge < -0.3 is 20.4 Å². The van der Waals surface area contributed by atoms with Crippen LogP contribution in [-0.4, -0.2) is 67.5 Å². The van der Waals surface area contributed by atoms with E-state index in [0.717, 1.165) is 63.5 Å². The number of hydrogen-bond acceptors (Lipinski definition) is 3. The predicted molar refractivity (Wildman–Crippen MR) is 123 cm³/mol. The van der Waals surface area contributed by atoms with Gasteiger partial charge in [-0.1, -0.05) is 31.4 Å². The van der Waals surface area contributed by atoms with Gasteiger partial charge in [-0.3, -0.25) is 9.79 Å². The lowest BCUT2D eigenvalue weighted by atomic mass is 9.88. The van der Waals surface area contributed by atoms with Gasteiger partial charge in [0.2, 0.25) is 5.91 Å². The maximum atomic E-state index is 13.1. The maximum Gasteiger partial charge on any atom is 0.225 e. The molecule has 1 amide bonds.